The molecule has 2 heterocycles. The van der Waals surface area contributed by atoms with Crippen LogP contribution in [0.3, 0.4) is 0 Å². The highest BCUT2D eigenvalue weighted by atomic mass is 79.9. The summed E-state index contributed by atoms with van der Waals surface area (Å²) in [7, 11) is 0. The number of thiophene rings is 1. The number of carbonyl (C=O) groups is 2. The first-order valence-electron chi connectivity index (χ1n) is 7.35. The van der Waals surface area contributed by atoms with Crippen molar-refractivity contribution in [2.75, 3.05) is 6.54 Å². The van der Waals surface area contributed by atoms with Gasteiger partial charge in [-0.2, -0.15) is 0 Å². The summed E-state index contributed by atoms with van der Waals surface area (Å²) in [6, 6.07) is 1.95. The van der Waals surface area contributed by atoms with Gasteiger partial charge >= 0.3 is 5.97 Å². The van der Waals surface area contributed by atoms with Crippen LogP contribution < -0.4 is 0 Å². The van der Waals surface area contributed by atoms with E-state index >= 15 is 0 Å². The zero-order valence-corrected chi connectivity index (χ0v) is 14.0. The van der Waals surface area contributed by atoms with Gasteiger partial charge < -0.3 is 10.0 Å². The van der Waals surface area contributed by atoms with Crippen molar-refractivity contribution in [2.45, 2.75) is 38.1 Å². The monoisotopic (exact) mass is 371 g/mol. The number of carboxylic acids is 1. The fraction of sp³-hybridized carbons (Fsp3) is 0.600. The predicted molar refractivity (Wildman–Crippen MR) is 84.5 cm³/mol. The fourth-order valence-electron chi connectivity index (χ4n) is 3.80. The molecule has 1 aromatic heterocycles. The topological polar surface area (TPSA) is 57.6 Å². The van der Waals surface area contributed by atoms with Gasteiger partial charge in [-0.3, -0.25) is 9.59 Å². The maximum Gasteiger partial charge on any atom is 0.306 e. The lowest BCUT2D eigenvalue weighted by Crippen LogP contribution is -2.54. The van der Waals surface area contributed by atoms with E-state index in [1.807, 2.05) is 16.3 Å². The number of amides is 1. The van der Waals surface area contributed by atoms with Crippen molar-refractivity contribution in [2.24, 2.45) is 11.8 Å². The quantitative estimate of drug-likeness (QED) is 0.863. The number of rotatable bonds is 2. The molecule has 2 aliphatic rings. The van der Waals surface area contributed by atoms with Crippen molar-refractivity contribution in [3.05, 3.63) is 20.8 Å². The Kier molecular flexibility index (Phi) is 4.36. The van der Waals surface area contributed by atoms with E-state index < -0.39 is 5.97 Å². The van der Waals surface area contributed by atoms with Gasteiger partial charge in [0.2, 0.25) is 0 Å². The van der Waals surface area contributed by atoms with Gasteiger partial charge in [-0.25, -0.2) is 0 Å². The number of aliphatic carboxylic acids is 1. The average Bonchev–Trinajstić information content (AvgIpc) is 2.91. The van der Waals surface area contributed by atoms with Gasteiger partial charge in [0, 0.05) is 18.0 Å². The summed E-state index contributed by atoms with van der Waals surface area (Å²) < 4.78 is 0.950. The molecule has 0 aromatic carbocycles. The van der Waals surface area contributed by atoms with Crippen LogP contribution in [0.4, 0.5) is 0 Å². The van der Waals surface area contributed by atoms with Gasteiger partial charge in [-0.15, -0.1) is 11.3 Å². The molecule has 4 nitrogen and oxygen atoms in total. The van der Waals surface area contributed by atoms with E-state index in [2.05, 4.69) is 15.9 Å². The van der Waals surface area contributed by atoms with E-state index in [4.69, 9.17) is 0 Å². The second-order valence-corrected chi connectivity index (χ2v) is 8.18. The summed E-state index contributed by atoms with van der Waals surface area (Å²) >= 11 is 4.90. The molecule has 21 heavy (non-hydrogen) atoms. The van der Waals surface area contributed by atoms with Gasteiger partial charge in [0.05, 0.1) is 15.3 Å². The third kappa shape index (κ3) is 2.88. The predicted octanol–water partition coefficient (Wildman–Crippen LogP) is 3.62. The van der Waals surface area contributed by atoms with E-state index in [1.165, 1.54) is 11.3 Å². The maximum absolute atomic E-state index is 12.7. The van der Waals surface area contributed by atoms with Crippen molar-refractivity contribution >= 4 is 39.1 Å². The Bertz CT molecular complexity index is 559. The molecule has 114 valence electrons. The molecule has 0 bridgehead atoms. The zero-order chi connectivity index (χ0) is 15.0. The lowest BCUT2D eigenvalue weighted by molar-refractivity contribution is -0.147. The molecule has 3 rings (SSSR count). The van der Waals surface area contributed by atoms with E-state index in [9.17, 15) is 14.7 Å². The minimum atomic E-state index is -0.697. The van der Waals surface area contributed by atoms with Crippen LogP contribution in [0.1, 0.15) is 42.5 Å². The molecule has 1 aliphatic carbocycles. The first-order chi connectivity index (χ1) is 10.1. The molecule has 3 unspecified atom stereocenters. The number of carbonyl (C=O) groups excluding carboxylic acids is 1. The van der Waals surface area contributed by atoms with Gasteiger partial charge in [0.15, 0.2) is 0 Å². The Morgan fingerprint density at radius 2 is 2.05 bits per heavy atom. The Morgan fingerprint density at radius 1 is 1.29 bits per heavy atom. The van der Waals surface area contributed by atoms with Crippen molar-refractivity contribution in [1.29, 1.82) is 0 Å². The molecular formula is C15H18BrNO3S. The summed E-state index contributed by atoms with van der Waals surface area (Å²) in [6.07, 6.45) is 4.61. The average molecular weight is 372 g/mol. The van der Waals surface area contributed by atoms with Crippen LogP contribution in [0.25, 0.3) is 0 Å². The van der Waals surface area contributed by atoms with Crippen LogP contribution in [-0.2, 0) is 4.79 Å². The molecule has 2 fully saturated rings. The molecule has 1 saturated carbocycles. The molecule has 0 spiro atoms. The fourth-order valence-corrected chi connectivity index (χ4v) is 4.93. The third-order valence-corrected chi connectivity index (χ3v) is 6.28. The number of halogens is 1. The largest absolute Gasteiger partial charge is 0.481 e. The summed E-state index contributed by atoms with van der Waals surface area (Å²) in [6.45, 7) is 0.560. The standard InChI is InChI=1S/C15H18BrNO3S/c16-13-7-9(8-21-13)14(18)17-6-5-11(15(19)20)10-3-1-2-4-12(10)17/h7-8,10-12H,1-6H2,(H,19,20). The molecule has 0 radical (unpaired) electrons. The SMILES string of the molecule is O=C(O)C1CCN(C(=O)c2csc(Br)c2)C2CCCCC12. The molecule has 1 aromatic rings. The van der Waals surface area contributed by atoms with E-state index in [0.717, 1.165) is 29.5 Å². The Hall–Kier alpha value is -0.880. The molecule has 1 amide bonds. The Labute approximate surface area is 136 Å². The number of hydrogen-bond donors (Lipinski definition) is 1. The lowest BCUT2D eigenvalue weighted by atomic mass is 9.71. The van der Waals surface area contributed by atoms with Crippen molar-refractivity contribution in [3.63, 3.8) is 0 Å². The smallest absolute Gasteiger partial charge is 0.306 e. The van der Waals surface area contributed by atoms with Gasteiger partial charge in [0.1, 0.15) is 0 Å². The molecule has 1 N–H and O–H groups in total. The van der Waals surface area contributed by atoms with Gasteiger partial charge in [-0.05, 0) is 47.2 Å². The third-order valence-electron chi connectivity index (χ3n) is 4.77. The van der Waals surface area contributed by atoms with Crippen LogP contribution in [0.5, 0.6) is 0 Å². The second kappa shape index (κ2) is 6.08. The zero-order valence-electron chi connectivity index (χ0n) is 11.6. The van der Waals surface area contributed by atoms with E-state index in [0.29, 0.717) is 18.5 Å². The summed E-state index contributed by atoms with van der Waals surface area (Å²) in [4.78, 5) is 26.1. The molecule has 1 aliphatic heterocycles. The van der Waals surface area contributed by atoms with Crippen molar-refractivity contribution in [3.8, 4) is 0 Å². The number of piperidine rings is 1. The van der Waals surface area contributed by atoms with Crippen LogP contribution in [0.15, 0.2) is 15.2 Å². The van der Waals surface area contributed by atoms with Crippen LogP contribution >= 0.6 is 27.3 Å². The molecule has 1 saturated heterocycles. The molecular weight excluding hydrogens is 354 g/mol. The van der Waals surface area contributed by atoms with Crippen molar-refractivity contribution in [1.82, 2.24) is 4.90 Å². The maximum atomic E-state index is 12.7. The van der Waals surface area contributed by atoms with E-state index in [1.54, 1.807) is 0 Å². The second-order valence-electron chi connectivity index (χ2n) is 5.89. The lowest BCUT2D eigenvalue weighted by Gasteiger charge is -2.46. The van der Waals surface area contributed by atoms with Gasteiger partial charge in [0.25, 0.3) is 5.91 Å². The molecule has 3 atom stereocenters. The highest BCUT2D eigenvalue weighted by Gasteiger charge is 2.44. The first kappa shape index (κ1) is 15.0. The van der Waals surface area contributed by atoms with Crippen LogP contribution in [-0.4, -0.2) is 34.5 Å². The number of nitrogens with zero attached hydrogens (tertiary/aromatic N) is 1. The Balaban J connectivity index is 1.83. The summed E-state index contributed by atoms with van der Waals surface area (Å²) in [5.41, 5.74) is 0.713. The van der Waals surface area contributed by atoms with Crippen LogP contribution in [0, 0.1) is 11.8 Å². The first-order valence-corrected chi connectivity index (χ1v) is 9.03. The highest BCUT2D eigenvalue weighted by Crippen LogP contribution is 2.40. The van der Waals surface area contributed by atoms with E-state index in [-0.39, 0.29) is 23.8 Å². The Morgan fingerprint density at radius 3 is 2.71 bits per heavy atom. The minimum Gasteiger partial charge on any atom is -0.481 e. The number of fused-ring (bicyclic) bond motifs is 1. The molecule has 6 heteroatoms. The summed E-state index contributed by atoms with van der Waals surface area (Å²) in [5.74, 6) is -0.806. The van der Waals surface area contributed by atoms with Crippen molar-refractivity contribution < 1.29 is 14.7 Å². The summed E-state index contributed by atoms with van der Waals surface area (Å²) in [5, 5.41) is 11.3. The highest BCUT2D eigenvalue weighted by molar-refractivity contribution is 9.11. The van der Waals surface area contributed by atoms with Gasteiger partial charge in [-0.1, -0.05) is 12.8 Å². The number of likely N-dealkylation sites (tertiary alicyclic amines) is 1. The minimum absolute atomic E-state index is 0.0534. The van der Waals surface area contributed by atoms with Crippen LogP contribution in [0.2, 0.25) is 0 Å². The normalized spacial score (nSPS) is 29.0. The number of carboxylic acid groups (broad SMARTS) is 1. The number of hydrogen-bond acceptors (Lipinski definition) is 3.